The summed E-state index contributed by atoms with van der Waals surface area (Å²) in [6, 6.07) is 13.6. The Hall–Kier alpha value is -1.12. The summed E-state index contributed by atoms with van der Waals surface area (Å²) in [4.78, 5) is 2.80. The van der Waals surface area contributed by atoms with E-state index in [1.54, 1.807) is 5.56 Å². The molecule has 1 aromatic carbocycles. The lowest BCUT2D eigenvalue weighted by molar-refractivity contribution is 0.479. The monoisotopic (exact) mass is 285 g/mol. The SMILES string of the molecule is CCc1ccc(C(N)CC2CCCc3ccccc32)s1. The first-order chi connectivity index (χ1) is 9.78. The number of fused-ring (bicyclic) bond motifs is 1. The molecule has 0 spiro atoms. The van der Waals surface area contributed by atoms with E-state index in [-0.39, 0.29) is 6.04 Å². The van der Waals surface area contributed by atoms with Gasteiger partial charge in [-0.15, -0.1) is 11.3 Å². The average Bonchev–Trinajstić information content (AvgIpc) is 2.97. The molecule has 1 heterocycles. The maximum absolute atomic E-state index is 6.46. The van der Waals surface area contributed by atoms with Gasteiger partial charge in [0.2, 0.25) is 0 Å². The maximum atomic E-state index is 6.46. The molecule has 1 nitrogen and oxygen atoms in total. The van der Waals surface area contributed by atoms with Crippen molar-refractivity contribution in [1.29, 1.82) is 0 Å². The van der Waals surface area contributed by atoms with E-state index in [4.69, 9.17) is 5.73 Å². The molecule has 2 aromatic rings. The number of thiophene rings is 1. The van der Waals surface area contributed by atoms with Gasteiger partial charge in [-0.2, -0.15) is 0 Å². The second kappa shape index (κ2) is 6.11. The highest BCUT2D eigenvalue weighted by molar-refractivity contribution is 7.12. The Labute approximate surface area is 125 Å². The third-order valence-electron chi connectivity index (χ3n) is 4.43. The summed E-state index contributed by atoms with van der Waals surface area (Å²) in [5.41, 5.74) is 9.54. The van der Waals surface area contributed by atoms with Crippen LogP contribution in [-0.2, 0) is 12.8 Å². The Balaban J connectivity index is 1.75. The number of hydrogen-bond acceptors (Lipinski definition) is 2. The highest BCUT2D eigenvalue weighted by atomic mass is 32.1. The minimum Gasteiger partial charge on any atom is -0.323 e. The van der Waals surface area contributed by atoms with Crippen LogP contribution in [-0.4, -0.2) is 0 Å². The Morgan fingerprint density at radius 3 is 2.90 bits per heavy atom. The Morgan fingerprint density at radius 2 is 2.10 bits per heavy atom. The third-order valence-corrected chi connectivity index (χ3v) is 5.79. The molecule has 0 saturated heterocycles. The van der Waals surface area contributed by atoms with Gasteiger partial charge >= 0.3 is 0 Å². The van der Waals surface area contributed by atoms with Crippen molar-refractivity contribution >= 4 is 11.3 Å². The fourth-order valence-corrected chi connectivity index (χ4v) is 4.27. The van der Waals surface area contributed by atoms with Crippen molar-refractivity contribution in [3.05, 3.63) is 57.3 Å². The lowest BCUT2D eigenvalue weighted by Crippen LogP contribution is -2.17. The molecule has 1 aliphatic carbocycles. The lowest BCUT2D eigenvalue weighted by Gasteiger charge is -2.27. The quantitative estimate of drug-likeness (QED) is 0.856. The third kappa shape index (κ3) is 2.82. The number of nitrogens with two attached hydrogens (primary N) is 1. The summed E-state index contributed by atoms with van der Waals surface area (Å²) < 4.78 is 0. The van der Waals surface area contributed by atoms with E-state index in [9.17, 15) is 0 Å². The first-order valence-corrected chi connectivity index (χ1v) is 8.51. The minimum atomic E-state index is 0.191. The van der Waals surface area contributed by atoms with Crippen LogP contribution in [0.15, 0.2) is 36.4 Å². The van der Waals surface area contributed by atoms with Crippen LogP contribution in [0.2, 0.25) is 0 Å². The molecule has 106 valence electrons. The van der Waals surface area contributed by atoms with Gasteiger partial charge in [0.15, 0.2) is 0 Å². The smallest absolute Gasteiger partial charge is 0.0395 e. The summed E-state index contributed by atoms with van der Waals surface area (Å²) in [6.07, 6.45) is 6.03. The number of rotatable bonds is 4. The van der Waals surface area contributed by atoms with E-state index in [0.717, 1.165) is 12.8 Å². The van der Waals surface area contributed by atoms with Gasteiger partial charge in [0.1, 0.15) is 0 Å². The fraction of sp³-hybridized carbons (Fsp3) is 0.444. The van der Waals surface area contributed by atoms with Crippen molar-refractivity contribution in [2.75, 3.05) is 0 Å². The van der Waals surface area contributed by atoms with E-state index in [1.807, 2.05) is 11.3 Å². The molecule has 0 saturated carbocycles. The summed E-state index contributed by atoms with van der Waals surface area (Å²) in [5, 5.41) is 0. The molecular weight excluding hydrogens is 262 g/mol. The number of benzene rings is 1. The van der Waals surface area contributed by atoms with E-state index in [2.05, 4.69) is 43.3 Å². The summed E-state index contributed by atoms with van der Waals surface area (Å²) in [7, 11) is 0. The topological polar surface area (TPSA) is 26.0 Å². The Morgan fingerprint density at radius 1 is 1.25 bits per heavy atom. The molecule has 0 fully saturated rings. The van der Waals surface area contributed by atoms with Crippen LogP contribution in [0, 0.1) is 0 Å². The molecule has 0 aliphatic heterocycles. The first kappa shape index (κ1) is 13.8. The van der Waals surface area contributed by atoms with Gasteiger partial charge in [-0.25, -0.2) is 0 Å². The van der Waals surface area contributed by atoms with Gasteiger partial charge in [-0.3, -0.25) is 0 Å². The molecule has 2 N–H and O–H groups in total. The second-order valence-electron chi connectivity index (χ2n) is 5.79. The normalized spacial score (nSPS) is 19.6. The van der Waals surface area contributed by atoms with Gasteiger partial charge in [0.05, 0.1) is 0 Å². The minimum absolute atomic E-state index is 0.191. The van der Waals surface area contributed by atoms with Crippen molar-refractivity contribution in [2.45, 2.75) is 51.0 Å². The van der Waals surface area contributed by atoms with E-state index in [0.29, 0.717) is 5.92 Å². The highest BCUT2D eigenvalue weighted by Gasteiger charge is 2.23. The molecule has 1 aromatic heterocycles. The zero-order valence-electron chi connectivity index (χ0n) is 12.1. The lowest BCUT2D eigenvalue weighted by atomic mass is 9.79. The standard InChI is InChI=1S/C18H23NS/c1-2-15-10-11-18(20-15)17(19)12-14-8-5-7-13-6-3-4-9-16(13)14/h3-4,6,9-11,14,17H,2,5,7-8,12,19H2,1H3. The summed E-state index contributed by atoms with van der Waals surface area (Å²) in [5.74, 6) is 0.641. The molecule has 20 heavy (non-hydrogen) atoms. The van der Waals surface area contributed by atoms with Gasteiger partial charge in [0, 0.05) is 15.8 Å². The predicted molar refractivity (Wildman–Crippen MR) is 87.4 cm³/mol. The van der Waals surface area contributed by atoms with Crippen LogP contribution >= 0.6 is 11.3 Å². The van der Waals surface area contributed by atoms with E-state index < -0.39 is 0 Å². The predicted octanol–water partition coefficient (Wildman–Crippen LogP) is 4.82. The van der Waals surface area contributed by atoms with Crippen molar-refractivity contribution in [3.63, 3.8) is 0 Å². The van der Waals surface area contributed by atoms with Crippen molar-refractivity contribution in [1.82, 2.24) is 0 Å². The highest BCUT2D eigenvalue weighted by Crippen LogP contribution is 2.38. The number of aryl methyl sites for hydroxylation is 2. The molecule has 3 rings (SSSR count). The van der Waals surface area contributed by atoms with Crippen molar-refractivity contribution in [3.8, 4) is 0 Å². The molecule has 2 atom stereocenters. The van der Waals surface area contributed by atoms with E-state index in [1.165, 1.54) is 34.6 Å². The van der Waals surface area contributed by atoms with Crippen LogP contribution in [0.3, 0.4) is 0 Å². The van der Waals surface area contributed by atoms with E-state index >= 15 is 0 Å². The molecule has 1 aliphatic rings. The molecular formula is C18H23NS. The maximum Gasteiger partial charge on any atom is 0.0395 e. The zero-order valence-corrected chi connectivity index (χ0v) is 13.0. The van der Waals surface area contributed by atoms with Crippen LogP contribution in [0.25, 0.3) is 0 Å². The summed E-state index contributed by atoms with van der Waals surface area (Å²) in [6.45, 7) is 2.21. The van der Waals surface area contributed by atoms with Gasteiger partial charge in [0.25, 0.3) is 0 Å². The average molecular weight is 285 g/mol. The Bertz CT molecular complexity index is 572. The fourth-order valence-electron chi connectivity index (χ4n) is 3.31. The first-order valence-electron chi connectivity index (χ1n) is 7.70. The van der Waals surface area contributed by atoms with Crippen LogP contribution < -0.4 is 5.73 Å². The van der Waals surface area contributed by atoms with Crippen molar-refractivity contribution in [2.24, 2.45) is 5.73 Å². The zero-order chi connectivity index (χ0) is 13.9. The van der Waals surface area contributed by atoms with Crippen molar-refractivity contribution < 1.29 is 0 Å². The van der Waals surface area contributed by atoms with Crippen LogP contribution in [0.5, 0.6) is 0 Å². The number of hydrogen-bond donors (Lipinski definition) is 1. The van der Waals surface area contributed by atoms with Crippen LogP contribution in [0.1, 0.15) is 59.0 Å². The van der Waals surface area contributed by atoms with Gasteiger partial charge in [-0.05, 0) is 61.3 Å². The largest absolute Gasteiger partial charge is 0.323 e. The molecule has 0 bridgehead atoms. The molecule has 0 radical (unpaired) electrons. The second-order valence-corrected chi connectivity index (χ2v) is 6.99. The molecule has 0 amide bonds. The summed E-state index contributed by atoms with van der Waals surface area (Å²) >= 11 is 1.89. The van der Waals surface area contributed by atoms with Gasteiger partial charge < -0.3 is 5.73 Å². The van der Waals surface area contributed by atoms with Crippen LogP contribution in [0.4, 0.5) is 0 Å². The van der Waals surface area contributed by atoms with Gasteiger partial charge in [-0.1, -0.05) is 31.2 Å². The molecule has 2 unspecified atom stereocenters. The Kier molecular flexibility index (Phi) is 4.23. The molecule has 2 heteroatoms.